The molecule has 0 aromatic rings. The Kier molecular flexibility index (Phi) is 137. The van der Waals surface area contributed by atoms with Crippen LogP contribution in [0.4, 0.5) is 18.8 Å². The van der Waals surface area contributed by atoms with Gasteiger partial charge in [-0.3, -0.25) is 18.8 Å². The van der Waals surface area contributed by atoms with E-state index >= 15 is 0 Å². The number of halogens is 4. The van der Waals surface area contributed by atoms with Crippen LogP contribution >= 0.6 is 0 Å². The summed E-state index contributed by atoms with van der Waals surface area (Å²) in [5.41, 5.74) is 0. The molecule has 0 amide bonds. The van der Waals surface area contributed by atoms with E-state index in [1.165, 1.54) is 0 Å². The first-order valence-electron chi connectivity index (χ1n) is 3.10. The third-order valence-electron chi connectivity index (χ3n) is 0. The second-order valence-electron chi connectivity index (χ2n) is 1.39. The molecule has 0 spiro atoms. The summed E-state index contributed by atoms with van der Waals surface area (Å²) in [5.74, 6) is 0. The van der Waals surface area contributed by atoms with Crippen molar-refractivity contribution in [3.05, 3.63) is 0 Å². The summed E-state index contributed by atoms with van der Waals surface area (Å²) in [5, 5.41) is 86.0. The van der Waals surface area contributed by atoms with Crippen LogP contribution in [0.1, 0.15) is 0 Å². The Balaban J connectivity index is -0.0000000121. The maximum atomic E-state index is 7.17. The van der Waals surface area contributed by atoms with E-state index in [-0.39, 0.29) is 48.4 Å². The van der Waals surface area contributed by atoms with Crippen LogP contribution in [0.3, 0.4) is 0 Å². The predicted molar refractivity (Wildman–Crippen MR) is 66.8 cm³/mol. The number of hydrogen-bond donors (Lipinski definition) is 12. The molecule has 21 heavy (non-hydrogen) atoms. The van der Waals surface area contributed by atoms with Gasteiger partial charge in [-0.05, 0) is 0 Å². The third kappa shape index (κ3) is 28100. The Morgan fingerprint density at radius 3 is 0.286 bits per heavy atom. The van der Waals surface area contributed by atoms with Crippen molar-refractivity contribution in [3.63, 3.8) is 0 Å². The second kappa shape index (κ2) is 49.9. The molecule has 0 bridgehead atoms. The summed E-state index contributed by atoms with van der Waals surface area (Å²) < 4.78 is 0. The minimum absolute atomic E-state index is 0. The summed E-state index contributed by atoms with van der Waals surface area (Å²) in [6.45, 7) is 0. The molecule has 0 aliphatic carbocycles. The average molecular weight is 351 g/mol. The van der Waals surface area contributed by atoms with Crippen molar-refractivity contribution in [2.24, 2.45) is 0 Å². The van der Waals surface area contributed by atoms with Crippen LogP contribution < -0.4 is 0 Å². The first-order valence-corrected chi connectivity index (χ1v) is 3.10. The molecular weight excluding hydrogens is 334 g/mol. The van der Waals surface area contributed by atoms with Crippen LogP contribution in [0, 0.1) is 0 Å². The Labute approximate surface area is 138 Å². The van der Waals surface area contributed by atoms with Gasteiger partial charge < -0.3 is 60.3 Å². The second-order valence-corrected chi connectivity index (χ2v) is 1.39. The van der Waals surface area contributed by atoms with E-state index in [1.54, 1.807) is 0 Å². The van der Waals surface area contributed by atoms with Crippen molar-refractivity contribution in [3.8, 4) is 0 Å². The van der Waals surface area contributed by atoms with Crippen LogP contribution in [0.5, 0.6) is 0 Å². The summed E-state index contributed by atoms with van der Waals surface area (Å²) in [4.78, 5) is 0. The van der Waals surface area contributed by atoms with E-state index in [2.05, 4.69) is 0 Å². The SMILES string of the molecule is F.F.F.F.OB(O)O.OB(O)O.OB(O)O.OB(O)O.[NaH]. The van der Waals surface area contributed by atoms with Crippen LogP contribution in [0.2, 0.25) is 0 Å². The molecule has 0 saturated carbocycles. The fourth-order valence-electron chi connectivity index (χ4n) is 0. The van der Waals surface area contributed by atoms with Crippen molar-refractivity contribution >= 4 is 58.8 Å². The van der Waals surface area contributed by atoms with Gasteiger partial charge >= 0.3 is 58.8 Å². The van der Waals surface area contributed by atoms with Gasteiger partial charge in [-0.15, -0.1) is 0 Å². The maximum absolute atomic E-state index is 7.17. The van der Waals surface area contributed by atoms with Crippen LogP contribution in [-0.4, -0.2) is 119 Å². The van der Waals surface area contributed by atoms with Gasteiger partial charge in [-0.25, -0.2) is 0 Å². The molecule has 0 aromatic heterocycles. The zero-order valence-electron chi connectivity index (χ0n) is 9.31. The first-order chi connectivity index (χ1) is 6.93. The zero-order valence-corrected chi connectivity index (χ0v) is 9.31. The topological polar surface area (TPSA) is 243 Å². The van der Waals surface area contributed by atoms with Gasteiger partial charge in [0.2, 0.25) is 0 Å². The van der Waals surface area contributed by atoms with Gasteiger partial charge in [0, 0.05) is 0 Å². The van der Waals surface area contributed by atoms with Crippen LogP contribution in [0.25, 0.3) is 0 Å². The van der Waals surface area contributed by atoms with E-state index in [0.717, 1.165) is 0 Å². The monoisotopic (exact) mass is 352 g/mol. The molecule has 0 heterocycles. The molecule has 12 N–H and O–H groups in total. The molecule has 21 heteroatoms. The molecule has 0 rings (SSSR count). The Bertz CT molecular complexity index is 76.2. The molecule has 12 nitrogen and oxygen atoms in total. The molecule has 0 unspecified atom stereocenters. The molecule has 0 aliphatic rings. The van der Waals surface area contributed by atoms with Crippen molar-refractivity contribution in [1.29, 1.82) is 0 Å². The average Bonchev–Trinajstić information content (AvgIpc) is 1.76. The van der Waals surface area contributed by atoms with E-state index in [0.29, 0.717) is 0 Å². The van der Waals surface area contributed by atoms with Gasteiger partial charge in [0.1, 0.15) is 0 Å². The molecule has 130 valence electrons. The third-order valence-corrected chi connectivity index (χ3v) is 0. The summed E-state index contributed by atoms with van der Waals surface area (Å²) in [6.07, 6.45) is 0. The van der Waals surface area contributed by atoms with Gasteiger partial charge in [0.15, 0.2) is 0 Å². The van der Waals surface area contributed by atoms with E-state index in [9.17, 15) is 0 Å². The van der Waals surface area contributed by atoms with E-state index in [4.69, 9.17) is 60.3 Å². The minimum atomic E-state index is -2.17. The van der Waals surface area contributed by atoms with E-state index < -0.39 is 29.3 Å². The van der Waals surface area contributed by atoms with Crippen molar-refractivity contribution in [1.82, 2.24) is 0 Å². The number of hydrogen-bond acceptors (Lipinski definition) is 12. The quantitative estimate of drug-likeness (QED) is 0.144. The van der Waals surface area contributed by atoms with Gasteiger partial charge in [0.05, 0.1) is 0 Å². The summed E-state index contributed by atoms with van der Waals surface area (Å²) in [6, 6.07) is 0. The normalized spacial score (nSPS) is 5.14. The Morgan fingerprint density at radius 1 is 0.286 bits per heavy atom. The van der Waals surface area contributed by atoms with Crippen LogP contribution in [0.15, 0.2) is 0 Å². The summed E-state index contributed by atoms with van der Waals surface area (Å²) in [7, 11) is -8.67. The summed E-state index contributed by atoms with van der Waals surface area (Å²) >= 11 is 0. The molecule has 0 saturated heterocycles. The van der Waals surface area contributed by atoms with Crippen molar-refractivity contribution in [2.45, 2.75) is 0 Å². The first kappa shape index (κ1) is 57.8. The fourth-order valence-corrected chi connectivity index (χ4v) is 0. The van der Waals surface area contributed by atoms with Gasteiger partial charge in [0.25, 0.3) is 0 Å². The molecule has 0 atom stereocenters. The van der Waals surface area contributed by atoms with Crippen molar-refractivity contribution in [2.75, 3.05) is 0 Å². The molecule has 0 aliphatic heterocycles. The van der Waals surface area contributed by atoms with Crippen molar-refractivity contribution < 1.29 is 79.1 Å². The number of rotatable bonds is 0. The molecule has 0 fully saturated rings. The zero-order chi connectivity index (χ0) is 14.3. The molecule has 0 radical (unpaired) electrons. The Morgan fingerprint density at radius 2 is 0.286 bits per heavy atom. The predicted octanol–water partition coefficient (Wildman–Crippen LogP) is -8.25. The van der Waals surface area contributed by atoms with Gasteiger partial charge in [-0.2, -0.15) is 0 Å². The van der Waals surface area contributed by atoms with Gasteiger partial charge in [-0.1, -0.05) is 0 Å². The fraction of sp³-hybridized carbons (Fsp3) is 0. The molecule has 0 aromatic carbocycles. The van der Waals surface area contributed by atoms with Crippen LogP contribution in [-0.2, 0) is 0 Å². The Hall–Kier alpha value is 0.500. The standard InChI is InChI=1S/4BH3O3.4FH.Na.H/c4*2-1(3)4;;;;;;/h4*2-4H;4*1H;;. The van der Waals surface area contributed by atoms with E-state index in [1.807, 2.05) is 0 Å². The molecular formula is H17B4F4NaO12.